The molecule has 22 heavy (non-hydrogen) atoms. The Kier molecular flexibility index (Phi) is 4.53. The monoisotopic (exact) mass is 319 g/mol. The molecule has 6 nitrogen and oxygen atoms in total. The maximum Gasteiger partial charge on any atom is 0.229 e. The maximum atomic E-state index is 11.9. The molecule has 1 fully saturated rings. The number of carbonyl (C=O) groups excluding carboxylic acids is 1. The Labute approximate surface area is 132 Å². The Morgan fingerprint density at radius 1 is 1.32 bits per heavy atom. The normalized spacial score (nSPS) is 13.7. The summed E-state index contributed by atoms with van der Waals surface area (Å²) in [5.74, 6) is 1.70. The highest BCUT2D eigenvalue weighted by atomic mass is 32.1. The summed E-state index contributed by atoms with van der Waals surface area (Å²) in [4.78, 5) is 11.9. The van der Waals surface area contributed by atoms with Crippen LogP contribution < -0.4 is 14.8 Å². The van der Waals surface area contributed by atoms with Crippen LogP contribution >= 0.6 is 11.3 Å². The van der Waals surface area contributed by atoms with Crippen LogP contribution in [0.25, 0.3) is 0 Å². The molecule has 1 aliphatic carbocycles. The van der Waals surface area contributed by atoms with Crippen molar-refractivity contribution in [2.75, 3.05) is 19.0 Å². The number of hydrogen-bond donors (Lipinski definition) is 1. The SMILES string of the molecule is COc1ccccc1OCCC(=O)Nc1nnc(C2CC2)s1. The minimum atomic E-state index is -0.131. The summed E-state index contributed by atoms with van der Waals surface area (Å²) in [6.07, 6.45) is 2.60. The van der Waals surface area contributed by atoms with Crippen LogP contribution in [-0.4, -0.2) is 29.8 Å². The van der Waals surface area contributed by atoms with E-state index in [1.807, 2.05) is 24.3 Å². The largest absolute Gasteiger partial charge is 0.493 e. The Hall–Kier alpha value is -2.15. The van der Waals surface area contributed by atoms with Crippen molar-refractivity contribution in [1.29, 1.82) is 0 Å². The smallest absolute Gasteiger partial charge is 0.229 e. The van der Waals surface area contributed by atoms with Gasteiger partial charge in [0.1, 0.15) is 5.01 Å². The highest BCUT2D eigenvalue weighted by molar-refractivity contribution is 7.15. The molecule has 0 aliphatic heterocycles. The third-order valence-corrected chi connectivity index (χ3v) is 4.27. The second kappa shape index (κ2) is 6.74. The average molecular weight is 319 g/mol. The van der Waals surface area contributed by atoms with E-state index >= 15 is 0 Å². The van der Waals surface area contributed by atoms with Crippen molar-refractivity contribution in [2.45, 2.75) is 25.2 Å². The molecule has 2 aromatic rings. The number of amides is 1. The standard InChI is InChI=1S/C15H17N3O3S/c1-20-11-4-2-3-5-12(11)21-9-8-13(19)16-15-18-17-14(22-15)10-6-7-10/h2-5,10H,6-9H2,1H3,(H,16,18,19). The fourth-order valence-corrected chi connectivity index (χ4v) is 2.88. The molecule has 0 unspecified atom stereocenters. The van der Waals surface area contributed by atoms with Gasteiger partial charge in [0.25, 0.3) is 0 Å². The molecule has 1 saturated carbocycles. The summed E-state index contributed by atoms with van der Waals surface area (Å²) in [5.41, 5.74) is 0. The van der Waals surface area contributed by atoms with E-state index in [4.69, 9.17) is 9.47 Å². The van der Waals surface area contributed by atoms with Gasteiger partial charge < -0.3 is 14.8 Å². The Bertz CT molecular complexity index is 655. The number of nitrogens with one attached hydrogen (secondary N) is 1. The Balaban J connectivity index is 1.45. The third-order valence-electron chi connectivity index (χ3n) is 3.27. The minimum absolute atomic E-state index is 0.131. The number of nitrogens with zero attached hydrogens (tertiary/aromatic N) is 2. The van der Waals surface area contributed by atoms with Crippen LogP contribution in [0.1, 0.15) is 30.2 Å². The van der Waals surface area contributed by atoms with Crippen molar-refractivity contribution in [3.05, 3.63) is 29.3 Å². The van der Waals surface area contributed by atoms with Gasteiger partial charge in [-0.3, -0.25) is 4.79 Å². The summed E-state index contributed by atoms with van der Waals surface area (Å²) in [6.45, 7) is 0.278. The number of rotatable bonds is 7. The van der Waals surface area contributed by atoms with Gasteiger partial charge in [-0.05, 0) is 25.0 Å². The van der Waals surface area contributed by atoms with E-state index in [9.17, 15) is 4.79 Å². The van der Waals surface area contributed by atoms with Gasteiger partial charge in [0, 0.05) is 5.92 Å². The number of aromatic nitrogens is 2. The van der Waals surface area contributed by atoms with Gasteiger partial charge in [-0.25, -0.2) is 0 Å². The molecule has 1 aromatic heterocycles. The number of benzene rings is 1. The van der Waals surface area contributed by atoms with Crippen LogP contribution in [-0.2, 0) is 4.79 Å². The quantitative estimate of drug-likeness (QED) is 0.849. The summed E-state index contributed by atoms with van der Waals surface area (Å²) in [6, 6.07) is 7.35. The first-order chi connectivity index (χ1) is 10.8. The fraction of sp³-hybridized carbons (Fsp3) is 0.400. The summed E-state index contributed by atoms with van der Waals surface area (Å²) < 4.78 is 10.8. The van der Waals surface area contributed by atoms with Crippen molar-refractivity contribution < 1.29 is 14.3 Å². The highest BCUT2D eigenvalue weighted by Crippen LogP contribution is 2.42. The number of hydrogen-bond acceptors (Lipinski definition) is 6. The molecular formula is C15H17N3O3S. The molecule has 116 valence electrons. The second-order valence-corrected chi connectivity index (χ2v) is 6.03. The van der Waals surface area contributed by atoms with E-state index in [0.29, 0.717) is 22.5 Å². The van der Waals surface area contributed by atoms with Crippen molar-refractivity contribution in [1.82, 2.24) is 10.2 Å². The summed E-state index contributed by atoms with van der Waals surface area (Å²) in [7, 11) is 1.59. The van der Waals surface area contributed by atoms with E-state index in [2.05, 4.69) is 15.5 Å². The van der Waals surface area contributed by atoms with E-state index in [-0.39, 0.29) is 18.9 Å². The molecular weight excluding hydrogens is 302 g/mol. The number of para-hydroxylation sites is 2. The predicted molar refractivity (Wildman–Crippen MR) is 83.6 cm³/mol. The molecule has 1 aliphatic rings. The summed E-state index contributed by atoms with van der Waals surface area (Å²) in [5, 5.41) is 12.4. The van der Waals surface area contributed by atoms with Gasteiger partial charge in [-0.1, -0.05) is 23.5 Å². The number of ether oxygens (including phenoxy) is 2. The van der Waals surface area contributed by atoms with Crippen LogP contribution in [0, 0.1) is 0 Å². The lowest BCUT2D eigenvalue weighted by molar-refractivity contribution is -0.116. The molecule has 1 heterocycles. The van der Waals surface area contributed by atoms with Crippen molar-refractivity contribution in [3.8, 4) is 11.5 Å². The molecule has 1 amide bonds. The van der Waals surface area contributed by atoms with Gasteiger partial charge in [0.2, 0.25) is 11.0 Å². The lowest BCUT2D eigenvalue weighted by Crippen LogP contribution is -2.15. The zero-order valence-corrected chi connectivity index (χ0v) is 13.1. The molecule has 0 saturated heterocycles. The minimum Gasteiger partial charge on any atom is -0.493 e. The van der Waals surface area contributed by atoms with E-state index < -0.39 is 0 Å². The average Bonchev–Trinajstić information content (AvgIpc) is 3.28. The lowest BCUT2D eigenvalue weighted by atomic mass is 10.3. The predicted octanol–water partition coefficient (Wildman–Crippen LogP) is 2.83. The molecule has 0 radical (unpaired) electrons. The molecule has 3 rings (SSSR count). The van der Waals surface area contributed by atoms with Crippen LogP contribution in [0.2, 0.25) is 0 Å². The Morgan fingerprint density at radius 3 is 2.82 bits per heavy atom. The van der Waals surface area contributed by atoms with E-state index in [1.54, 1.807) is 7.11 Å². The van der Waals surface area contributed by atoms with Crippen LogP contribution in [0.3, 0.4) is 0 Å². The van der Waals surface area contributed by atoms with Crippen LogP contribution in [0.4, 0.5) is 5.13 Å². The number of methoxy groups -OCH3 is 1. The first kappa shape index (κ1) is 14.8. The molecule has 1 N–H and O–H groups in total. The topological polar surface area (TPSA) is 73.3 Å². The van der Waals surface area contributed by atoms with E-state index in [1.165, 1.54) is 24.2 Å². The molecule has 0 atom stereocenters. The van der Waals surface area contributed by atoms with Crippen molar-refractivity contribution in [3.63, 3.8) is 0 Å². The fourth-order valence-electron chi connectivity index (χ4n) is 1.95. The van der Waals surface area contributed by atoms with Gasteiger partial charge >= 0.3 is 0 Å². The lowest BCUT2D eigenvalue weighted by Gasteiger charge is -2.09. The van der Waals surface area contributed by atoms with Gasteiger partial charge in [0.05, 0.1) is 20.1 Å². The zero-order valence-electron chi connectivity index (χ0n) is 12.2. The molecule has 1 aromatic carbocycles. The van der Waals surface area contributed by atoms with Gasteiger partial charge in [0.15, 0.2) is 11.5 Å². The zero-order chi connectivity index (χ0) is 15.4. The van der Waals surface area contributed by atoms with Crippen molar-refractivity contribution >= 4 is 22.4 Å². The third kappa shape index (κ3) is 3.73. The van der Waals surface area contributed by atoms with Gasteiger partial charge in [-0.15, -0.1) is 10.2 Å². The van der Waals surface area contributed by atoms with Crippen LogP contribution in [0.5, 0.6) is 11.5 Å². The Morgan fingerprint density at radius 2 is 2.09 bits per heavy atom. The molecule has 0 spiro atoms. The van der Waals surface area contributed by atoms with Gasteiger partial charge in [-0.2, -0.15) is 0 Å². The van der Waals surface area contributed by atoms with Crippen LogP contribution in [0.15, 0.2) is 24.3 Å². The second-order valence-electron chi connectivity index (χ2n) is 5.02. The first-order valence-electron chi connectivity index (χ1n) is 7.15. The molecule has 7 heteroatoms. The first-order valence-corrected chi connectivity index (χ1v) is 7.97. The number of carbonyl (C=O) groups is 1. The van der Waals surface area contributed by atoms with E-state index in [0.717, 1.165) is 5.01 Å². The highest BCUT2D eigenvalue weighted by Gasteiger charge is 2.27. The summed E-state index contributed by atoms with van der Waals surface area (Å²) >= 11 is 1.45. The molecule has 0 bridgehead atoms. The maximum absolute atomic E-state index is 11.9. The number of anilines is 1. The van der Waals surface area contributed by atoms with Crippen molar-refractivity contribution in [2.24, 2.45) is 0 Å².